The van der Waals surface area contributed by atoms with Gasteiger partial charge >= 0.3 is 5.97 Å². The quantitative estimate of drug-likeness (QED) is 0.713. The molecule has 11 heteroatoms. The number of likely N-dealkylation sites (N-methyl/N-ethyl adjacent to an activating group) is 1. The standard InChI is InChI=1S/C13H17N3O6S2/c1-8(17)14-13-15-10(6-23-13)12(19)22-5-11(18)16(2)9-3-4-24(20,21)7-9/h6,9H,3-5,7H2,1-2H3,(H,14,15,17). The number of nitrogens with one attached hydrogen (secondary N) is 1. The Bertz CT molecular complexity index is 758. The van der Waals surface area contributed by atoms with Crippen LogP contribution >= 0.6 is 11.3 Å². The number of ether oxygens (including phenoxy) is 1. The molecule has 24 heavy (non-hydrogen) atoms. The molecule has 2 rings (SSSR count). The number of nitrogens with zero attached hydrogens (tertiary/aromatic N) is 2. The summed E-state index contributed by atoms with van der Waals surface area (Å²) in [7, 11) is -1.61. The van der Waals surface area contributed by atoms with Gasteiger partial charge in [0.1, 0.15) is 0 Å². The lowest BCUT2D eigenvalue weighted by Crippen LogP contribution is -2.40. The fourth-order valence-electron chi connectivity index (χ4n) is 2.16. The molecular weight excluding hydrogens is 358 g/mol. The molecule has 1 unspecified atom stereocenters. The molecule has 1 saturated heterocycles. The van der Waals surface area contributed by atoms with Gasteiger partial charge in [-0.1, -0.05) is 0 Å². The van der Waals surface area contributed by atoms with Crippen LogP contribution in [0.4, 0.5) is 5.13 Å². The highest BCUT2D eigenvalue weighted by Crippen LogP contribution is 2.18. The normalized spacial score (nSPS) is 18.8. The van der Waals surface area contributed by atoms with E-state index >= 15 is 0 Å². The Morgan fingerprint density at radius 2 is 2.17 bits per heavy atom. The van der Waals surface area contributed by atoms with Crippen molar-refractivity contribution in [3.05, 3.63) is 11.1 Å². The third-order valence-corrected chi connectivity index (χ3v) is 5.98. The summed E-state index contributed by atoms with van der Waals surface area (Å²) in [6.07, 6.45) is 0.380. The summed E-state index contributed by atoms with van der Waals surface area (Å²) < 4.78 is 27.8. The summed E-state index contributed by atoms with van der Waals surface area (Å²) in [4.78, 5) is 39.9. The molecule has 1 aliphatic heterocycles. The third-order valence-electron chi connectivity index (χ3n) is 3.47. The van der Waals surface area contributed by atoms with Crippen LogP contribution in [0.5, 0.6) is 0 Å². The number of carbonyl (C=O) groups is 3. The molecule has 0 saturated carbocycles. The molecule has 0 aliphatic carbocycles. The number of sulfone groups is 1. The first-order valence-electron chi connectivity index (χ1n) is 7.04. The van der Waals surface area contributed by atoms with Crippen molar-refractivity contribution < 1.29 is 27.5 Å². The van der Waals surface area contributed by atoms with Gasteiger partial charge in [0.15, 0.2) is 27.3 Å². The Labute approximate surface area is 142 Å². The summed E-state index contributed by atoms with van der Waals surface area (Å²) in [6, 6.07) is -0.396. The SMILES string of the molecule is CC(=O)Nc1nc(C(=O)OCC(=O)N(C)C2CCS(=O)(=O)C2)cs1. The smallest absolute Gasteiger partial charge is 0.358 e. The first-order chi connectivity index (χ1) is 11.2. The summed E-state index contributed by atoms with van der Waals surface area (Å²) in [5, 5.41) is 4.10. The summed E-state index contributed by atoms with van der Waals surface area (Å²) >= 11 is 1.06. The zero-order valence-corrected chi connectivity index (χ0v) is 14.8. The second kappa shape index (κ2) is 7.26. The highest BCUT2D eigenvalue weighted by atomic mass is 32.2. The van der Waals surface area contributed by atoms with E-state index in [4.69, 9.17) is 4.74 Å². The maximum atomic E-state index is 12.0. The highest BCUT2D eigenvalue weighted by molar-refractivity contribution is 7.91. The van der Waals surface area contributed by atoms with Gasteiger partial charge in [0, 0.05) is 25.4 Å². The number of thiazole rings is 1. The van der Waals surface area contributed by atoms with E-state index in [1.807, 2.05) is 0 Å². The number of hydrogen-bond donors (Lipinski definition) is 1. The van der Waals surface area contributed by atoms with E-state index in [1.165, 1.54) is 24.3 Å². The largest absolute Gasteiger partial charge is 0.451 e. The minimum atomic E-state index is -3.10. The van der Waals surface area contributed by atoms with Gasteiger partial charge in [-0.15, -0.1) is 11.3 Å². The van der Waals surface area contributed by atoms with Gasteiger partial charge in [-0.25, -0.2) is 18.2 Å². The predicted molar refractivity (Wildman–Crippen MR) is 86.5 cm³/mol. The van der Waals surface area contributed by atoms with Crippen molar-refractivity contribution in [3.63, 3.8) is 0 Å². The van der Waals surface area contributed by atoms with E-state index in [2.05, 4.69) is 10.3 Å². The molecule has 9 nitrogen and oxygen atoms in total. The molecule has 1 fully saturated rings. The Kier molecular flexibility index (Phi) is 5.54. The lowest BCUT2D eigenvalue weighted by molar-refractivity contribution is -0.134. The number of carbonyl (C=O) groups excluding carboxylic acids is 3. The second-order valence-electron chi connectivity index (χ2n) is 5.36. The van der Waals surface area contributed by atoms with Crippen molar-refractivity contribution in [2.75, 3.05) is 30.5 Å². The minimum absolute atomic E-state index is 0.0114. The Morgan fingerprint density at radius 1 is 1.46 bits per heavy atom. The van der Waals surface area contributed by atoms with Crippen molar-refractivity contribution >= 4 is 44.1 Å². The molecule has 0 bridgehead atoms. The lowest BCUT2D eigenvalue weighted by atomic mass is 10.2. The maximum Gasteiger partial charge on any atom is 0.358 e. The molecule has 0 spiro atoms. The Hall–Kier alpha value is -2.01. The van der Waals surface area contributed by atoms with Gasteiger partial charge < -0.3 is 15.0 Å². The zero-order chi connectivity index (χ0) is 17.9. The molecule has 1 N–H and O–H groups in total. The van der Waals surface area contributed by atoms with E-state index in [1.54, 1.807) is 0 Å². The third kappa shape index (κ3) is 4.74. The van der Waals surface area contributed by atoms with Crippen molar-refractivity contribution in [1.82, 2.24) is 9.88 Å². The second-order valence-corrected chi connectivity index (χ2v) is 8.44. The Balaban J connectivity index is 1.86. The van der Waals surface area contributed by atoms with Crippen molar-refractivity contribution in [3.8, 4) is 0 Å². The number of rotatable bonds is 5. The van der Waals surface area contributed by atoms with Gasteiger partial charge in [-0.2, -0.15) is 0 Å². The number of aromatic nitrogens is 1. The van der Waals surface area contributed by atoms with E-state index in [0.717, 1.165) is 11.3 Å². The van der Waals surface area contributed by atoms with Crippen LogP contribution in [-0.4, -0.2) is 67.3 Å². The van der Waals surface area contributed by atoms with Crippen LogP contribution in [0.2, 0.25) is 0 Å². The summed E-state index contributed by atoms with van der Waals surface area (Å²) in [5.74, 6) is -1.60. The van der Waals surface area contributed by atoms with Crippen molar-refractivity contribution in [2.24, 2.45) is 0 Å². The first kappa shape index (κ1) is 18.3. The average molecular weight is 375 g/mol. The number of hydrogen-bond acceptors (Lipinski definition) is 8. The first-order valence-corrected chi connectivity index (χ1v) is 9.74. The van der Waals surface area contributed by atoms with E-state index < -0.39 is 34.4 Å². The fourth-order valence-corrected chi connectivity index (χ4v) is 4.66. The van der Waals surface area contributed by atoms with E-state index in [-0.39, 0.29) is 28.2 Å². The van der Waals surface area contributed by atoms with Gasteiger partial charge in [0.25, 0.3) is 5.91 Å². The van der Waals surface area contributed by atoms with E-state index in [0.29, 0.717) is 6.42 Å². The molecule has 1 aromatic rings. The molecule has 2 amide bonds. The predicted octanol–water partition coefficient (Wildman–Crippen LogP) is -0.0962. The average Bonchev–Trinajstić information content (AvgIpc) is 3.09. The van der Waals surface area contributed by atoms with Crippen LogP contribution in [0, 0.1) is 0 Å². The zero-order valence-electron chi connectivity index (χ0n) is 13.1. The van der Waals surface area contributed by atoms with Crippen molar-refractivity contribution in [1.29, 1.82) is 0 Å². The number of anilines is 1. The van der Waals surface area contributed by atoms with Crippen LogP contribution in [0.3, 0.4) is 0 Å². The minimum Gasteiger partial charge on any atom is -0.451 e. The topological polar surface area (TPSA) is 123 Å². The van der Waals surface area contributed by atoms with Crippen LogP contribution < -0.4 is 5.32 Å². The lowest BCUT2D eigenvalue weighted by Gasteiger charge is -2.22. The highest BCUT2D eigenvalue weighted by Gasteiger charge is 2.33. The molecule has 0 radical (unpaired) electrons. The fraction of sp³-hybridized carbons (Fsp3) is 0.538. The number of amides is 2. The van der Waals surface area contributed by atoms with E-state index in [9.17, 15) is 22.8 Å². The van der Waals surface area contributed by atoms with Crippen LogP contribution in [0.1, 0.15) is 23.8 Å². The van der Waals surface area contributed by atoms with Gasteiger partial charge in [0.2, 0.25) is 5.91 Å². The molecule has 0 aromatic carbocycles. The van der Waals surface area contributed by atoms with Crippen LogP contribution in [0.15, 0.2) is 5.38 Å². The molecular formula is C13H17N3O6S2. The van der Waals surface area contributed by atoms with Gasteiger partial charge in [-0.05, 0) is 6.42 Å². The van der Waals surface area contributed by atoms with Crippen molar-refractivity contribution in [2.45, 2.75) is 19.4 Å². The molecule has 1 aromatic heterocycles. The molecule has 132 valence electrons. The summed E-state index contributed by atoms with van der Waals surface area (Å²) in [5.41, 5.74) is -0.0114. The number of esters is 1. The molecule has 2 heterocycles. The monoisotopic (exact) mass is 375 g/mol. The molecule has 1 aliphatic rings. The van der Waals surface area contributed by atoms with Crippen LogP contribution in [-0.2, 0) is 24.2 Å². The van der Waals surface area contributed by atoms with Gasteiger partial charge in [-0.3, -0.25) is 9.59 Å². The van der Waals surface area contributed by atoms with Gasteiger partial charge in [0.05, 0.1) is 11.5 Å². The van der Waals surface area contributed by atoms with Crippen LogP contribution in [0.25, 0.3) is 0 Å². The Morgan fingerprint density at radius 3 is 2.75 bits per heavy atom. The summed E-state index contributed by atoms with van der Waals surface area (Å²) in [6.45, 7) is 0.815. The molecule has 1 atom stereocenters. The maximum absolute atomic E-state index is 12.0.